The zero-order chi connectivity index (χ0) is 12.3. The van der Waals surface area contributed by atoms with Crippen LogP contribution in [0.2, 0.25) is 0 Å². The van der Waals surface area contributed by atoms with Gasteiger partial charge in [-0.1, -0.05) is 12.2 Å². The molecule has 3 saturated heterocycles. The molecule has 0 saturated carbocycles. The second-order valence-corrected chi connectivity index (χ2v) is 6.90. The average molecular weight is 268 g/mol. The molecule has 98 valence electrons. The lowest BCUT2D eigenvalue weighted by Crippen LogP contribution is -2.41. The molecule has 1 N–H and O–H groups in total. The van der Waals surface area contributed by atoms with E-state index in [2.05, 4.69) is 12.2 Å². The fraction of sp³-hybridized carbons (Fsp3) is 0.769. The molecule has 4 bridgehead atoms. The van der Waals surface area contributed by atoms with Gasteiger partial charge in [-0.25, -0.2) is 0 Å². The van der Waals surface area contributed by atoms with E-state index in [9.17, 15) is 4.79 Å². The molecule has 0 spiro atoms. The molecule has 0 amide bonds. The van der Waals surface area contributed by atoms with Gasteiger partial charge in [0.25, 0.3) is 0 Å². The maximum absolute atomic E-state index is 12.0. The van der Waals surface area contributed by atoms with Crippen molar-refractivity contribution in [1.82, 2.24) is 0 Å². The van der Waals surface area contributed by atoms with Crippen molar-refractivity contribution in [2.24, 2.45) is 17.8 Å². The lowest BCUT2D eigenvalue weighted by molar-refractivity contribution is -0.150. The number of hydrogen-bond acceptors (Lipinski definition) is 5. The lowest BCUT2D eigenvalue weighted by atomic mass is 9.69. The number of carbonyl (C=O) groups excluding carboxylic acids is 1. The number of carbonyl (C=O) groups is 1. The summed E-state index contributed by atoms with van der Waals surface area (Å²) in [5.41, 5.74) is 0. The molecule has 4 nitrogen and oxygen atoms in total. The zero-order valence-corrected chi connectivity index (χ0v) is 10.7. The van der Waals surface area contributed by atoms with E-state index in [1.807, 2.05) is 11.8 Å². The number of aliphatic hydroxyl groups is 1. The highest BCUT2D eigenvalue weighted by Gasteiger charge is 2.64. The standard InChI is InChI=1S/C13H16O4S/c14-3-4-16-13(15)6-5-9-10-7-1-2-8(17-7)11(10)12(6)18-9/h1-2,6-12,14H,3-5H2. The maximum atomic E-state index is 12.0. The Morgan fingerprint density at radius 3 is 2.94 bits per heavy atom. The third-order valence-electron chi connectivity index (χ3n) is 4.67. The SMILES string of the molecule is O=C(OCCO)C1CC2SC1C1C3C=CC(O3)C21. The first kappa shape index (κ1) is 11.3. The summed E-state index contributed by atoms with van der Waals surface area (Å²) in [4.78, 5) is 12.0. The number of hydrogen-bond donors (Lipinski definition) is 1. The Kier molecular flexibility index (Phi) is 2.51. The van der Waals surface area contributed by atoms with Crippen LogP contribution in [-0.2, 0) is 14.3 Å². The van der Waals surface area contributed by atoms with Crippen molar-refractivity contribution in [3.8, 4) is 0 Å². The monoisotopic (exact) mass is 268 g/mol. The minimum atomic E-state index is -0.130. The van der Waals surface area contributed by atoms with E-state index in [1.54, 1.807) is 0 Å². The Morgan fingerprint density at radius 2 is 2.17 bits per heavy atom. The predicted molar refractivity (Wildman–Crippen MR) is 66.1 cm³/mol. The average Bonchev–Trinajstić information content (AvgIpc) is 3.10. The van der Waals surface area contributed by atoms with Crippen LogP contribution in [0.1, 0.15) is 6.42 Å². The summed E-state index contributed by atoms with van der Waals surface area (Å²) in [7, 11) is 0. The van der Waals surface area contributed by atoms with Gasteiger partial charge in [0.1, 0.15) is 6.61 Å². The molecule has 7 atom stereocenters. The van der Waals surface area contributed by atoms with Crippen LogP contribution < -0.4 is 0 Å². The molecular formula is C13H16O4S. The first-order valence-corrected chi connectivity index (χ1v) is 7.50. The van der Waals surface area contributed by atoms with Crippen LogP contribution in [-0.4, -0.2) is 47.0 Å². The van der Waals surface area contributed by atoms with E-state index in [0.717, 1.165) is 6.42 Å². The molecule has 7 unspecified atom stereocenters. The highest BCUT2D eigenvalue weighted by molar-refractivity contribution is 8.01. The minimum Gasteiger partial charge on any atom is -0.463 e. The number of ether oxygens (including phenoxy) is 2. The summed E-state index contributed by atoms with van der Waals surface area (Å²) in [6, 6.07) is 0. The summed E-state index contributed by atoms with van der Waals surface area (Å²) in [6.07, 6.45) is 5.77. The Bertz CT molecular complexity index is 410. The molecule has 3 fully saturated rings. The maximum Gasteiger partial charge on any atom is 0.310 e. The van der Waals surface area contributed by atoms with Gasteiger partial charge >= 0.3 is 5.97 Å². The quantitative estimate of drug-likeness (QED) is 0.600. The number of fused-ring (bicyclic) bond motifs is 9. The fourth-order valence-electron chi connectivity index (χ4n) is 4.06. The lowest BCUT2D eigenvalue weighted by Gasteiger charge is -2.31. The zero-order valence-electron chi connectivity index (χ0n) is 9.90. The van der Waals surface area contributed by atoms with Crippen LogP contribution in [0.4, 0.5) is 0 Å². The molecule has 0 aromatic rings. The number of esters is 1. The fourth-order valence-corrected chi connectivity index (χ4v) is 6.23. The summed E-state index contributed by atoms with van der Waals surface area (Å²) < 4.78 is 11.0. The van der Waals surface area contributed by atoms with Gasteiger partial charge in [0.05, 0.1) is 24.7 Å². The van der Waals surface area contributed by atoms with Gasteiger partial charge in [-0.2, -0.15) is 11.8 Å². The molecule has 0 aromatic carbocycles. The van der Waals surface area contributed by atoms with Crippen molar-refractivity contribution < 1.29 is 19.4 Å². The van der Waals surface area contributed by atoms with E-state index in [4.69, 9.17) is 14.6 Å². The van der Waals surface area contributed by atoms with Crippen LogP contribution in [0, 0.1) is 17.8 Å². The summed E-state index contributed by atoms with van der Waals surface area (Å²) in [5, 5.41) is 9.62. The van der Waals surface area contributed by atoms with Gasteiger partial charge in [0.15, 0.2) is 0 Å². The molecule has 4 rings (SSSR count). The molecule has 4 aliphatic heterocycles. The summed E-state index contributed by atoms with van der Waals surface area (Å²) in [5.74, 6) is 0.978. The van der Waals surface area contributed by atoms with Gasteiger partial charge in [0, 0.05) is 22.3 Å². The van der Waals surface area contributed by atoms with E-state index in [1.165, 1.54) is 0 Å². The number of thioether (sulfide) groups is 1. The molecular weight excluding hydrogens is 252 g/mol. The van der Waals surface area contributed by atoms with Crippen molar-refractivity contribution >= 4 is 17.7 Å². The molecule has 4 aliphatic rings. The van der Waals surface area contributed by atoms with Crippen molar-refractivity contribution in [3.63, 3.8) is 0 Å². The van der Waals surface area contributed by atoms with Crippen molar-refractivity contribution in [2.45, 2.75) is 29.1 Å². The van der Waals surface area contributed by atoms with Gasteiger partial charge in [-0.05, 0) is 6.42 Å². The topological polar surface area (TPSA) is 55.8 Å². The highest BCUT2D eigenvalue weighted by atomic mass is 32.2. The van der Waals surface area contributed by atoms with Gasteiger partial charge in [-0.15, -0.1) is 0 Å². The van der Waals surface area contributed by atoms with E-state index >= 15 is 0 Å². The largest absolute Gasteiger partial charge is 0.463 e. The van der Waals surface area contributed by atoms with Crippen LogP contribution in [0.25, 0.3) is 0 Å². The van der Waals surface area contributed by atoms with Crippen LogP contribution >= 0.6 is 11.8 Å². The number of aliphatic hydroxyl groups excluding tert-OH is 1. The van der Waals surface area contributed by atoms with Crippen molar-refractivity contribution in [2.75, 3.05) is 13.2 Å². The molecule has 0 radical (unpaired) electrons. The smallest absolute Gasteiger partial charge is 0.310 e. The van der Waals surface area contributed by atoms with Crippen LogP contribution in [0.15, 0.2) is 12.2 Å². The summed E-state index contributed by atoms with van der Waals surface area (Å²) in [6.45, 7) is 0.0240. The Balaban J connectivity index is 1.52. The predicted octanol–water partition coefficient (Wildman–Crippen LogP) is 0.595. The van der Waals surface area contributed by atoms with E-state index in [0.29, 0.717) is 22.3 Å². The second-order valence-electron chi connectivity index (χ2n) is 5.48. The third kappa shape index (κ3) is 1.38. The van der Waals surface area contributed by atoms with Crippen molar-refractivity contribution in [1.29, 1.82) is 0 Å². The van der Waals surface area contributed by atoms with Gasteiger partial charge < -0.3 is 14.6 Å². The van der Waals surface area contributed by atoms with Gasteiger partial charge in [0.2, 0.25) is 0 Å². The van der Waals surface area contributed by atoms with E-state index < -0.39 is 0 Å². The Labute approximate surface area is 110 Å². The first-order chi connectivity index (χ1) is 8.79. The second kappa shape index (κ2) is 3.99. The minimum absolute atomic E-state index is 0.00384. The molecule has 5 heteroatoms. The van der Waals surface area contributed by atoms with Crippen LogP contribution in [0.3, 0.4) is 0 Å². The molecule has 4 heterocycles. The number of rotatable bonds is 3. The molecule has 0 aliphatic carbocycles. The Morgan fingerprint density at radius 1 is 1.39 bits per heavy atom. The summed E-state index contributed by atoms with van der Waals surface area (Å²) >= 11 is 1.96. The first-order valence-electron chi connectivity index (χ1n) is 6.56. The van der Waals surface area contributed by atoms with Crippen molar-refractivity contribution in [3.05, 3.63) is 12.2 Å². The highest BCUT2D eigenvalue weighted by Crippen LogP contribution is 2.63. The normalized spacial score (nSPS) is 50.8. The van der Waals surface area contributed by atoms with Crippen LogP contribution in [0.5, 0.6) is 0 Å². The molecule has 0 aromatic heterocycles. The molecule has 18 heavy (non-hydrogen) atoms. The Hall–Kier alpha value is -0.520. The van der Waals surface area contributed by atoms with E-state index in [-0.39, 0.29) is 37.3 Å². The van der Waals surface area contributed by atoms with Gasteiger partial charge in [-0.3, -0.25) is 4.79 Å². The third-order valence-corrected chi connectivity index (χ3v) is 6.48.